The molecule has 1 amide bonds. The molecule has 2 rings (SSSR count). The number of nitrogens with zero attached hydrogens (tertiary/aromatic N) is 1. The van der Waals surface area contributed by atoms with Gasteiger partial charge in [-0.25, -0.2) is 0 Å². The summed E-state index contributed by atoms with van der Waals surface area (Å²) in [5.41, 5.74) is 0.516. The van der Waals surface area contributed by atoms with E-state index in [0.29, 0.717) is 17.4 Å². The molecule has 3 nitrogen and oxygen atoms in total. The van der Waals surface area contributed by atoms with Crippen LogP contribution in [0.5, 0.6) is 0 Å². The summed E-state index contributed by atoms with van der Waals surface area (Å²) in [5, 5.41) is 3.54. The maximum Gasteiger partial charge on any atom is 0.222 e. The molecule has 0 aliphatic carbocycles. The molecule has 3 heteroatoms. The monoisotopic (exact) mass is 280 g/mol. The molecule has 2 aliphatic heterocycles. The summed E-state index contributed by atoms with van der Waals surface area (Å²) >= 11 is 0. The number of hydrogen-bond acceptors (Lipinski definition) is 2. The van der Waals surface area contributed by atoms with Crippen LogP contribution in [0.3, 0.4) is 0 Å². The Balaban J connectivity index is 1.71. The van der Waals surface area contributed by atoms with Crippen molar-refractivity contribution in [2.24, 2.45) is 5.41 Å². The number of nitrogens with one attached hydrogen (secondary N) is 1. The Morgan fingerprint density at radius 2 is 1.90 bits per heavy atom. The zero-order valence-electron chi connectivity index (χ0n) is 13.4. The largest absolute Gasteiger partial charge is 0.343 e. The molecule has 0 aromatic heterocycles. The third kappa shape index (κ3) is 3.97. The summed E-state index contributed by atoms with van der Waals surface area (Å²) in [6.45, 7) is 7.71. The maximum atomic E-state index is 12.3. The molecule has 0 spiro atoms. The van der Waals surface area contributed by atoms with Crippen molar-refractivity contribution in [3.63, 3.8) is 0 Å². The van der Waals surface area contributed by atoms with Gasteiger partial charge in [0.2, 0.25) is 5.91 Å². The molecule has 2 fully saturated rings. The lowest BCUT2D eigenvalue weighted by Crippen LogP contribution is -2.43. The van der Waals surface area contributed by atoms with Crippen LogP contribution in [0, 0.1) is 5.41 Å². The molecule has 2 aliphatic rings. The number of piperidine rings is 2. The first kappa shape index (κ1) is 15.8. The molecular weight excluding hydrogens is 248 g/mol. The summed E-state index contributed by atoms with van der Waals surface area (Å²) in [7, 11) is 0. The molecule has 0 aromatic carbocycles. The minimum absolute atomic E-state index is 0.387. The molecule has 0 saturated carbocycles. The van der Waals surface area contributed by atoms with Crippen molar-refractivity contribution in [3.05, 3.63) is 0 Å². The molecular formula is C17H32N2O. The summed E-state index contributed by atoms with van der Waals surface area (Å²) in [6.07, 6.45) is 10.6. The van der Waals surface area contributed by atoms with Gasteiger partial charge in [-0.3, -0.25) is 4.79 Å². The predicted octanol–water partition coefficient (Wildman–Crippen LogP) is 3.34. The lowest BCUT2D eigenvalue weighted by atomic mass is 9.74. The highest BCUT2D eigenvalue weighted by molar-refractivity contribution is 5.76. The van der Waals surface area contributed by atoms with Gasteiger partial charge in [-0.2, -0.15) is 0 Å². The molecule has 1 unspecified atom stereocenters. The zero-order valence-corrected chi connectivity index (χ0v) is 13.4. The number of likely N-dealkylation sites (tertiary alicyclic amines) is 1. The van der Waals surface area contributed by atoms with Gasteiger partial charge in [0.15, 0.2) is 0 Å². The van der Waals surface area contributed by atoms with Crippen molar-refractivity contribution >= 4 is 5.91 Å². The van der Waals surface area contributed by atoms with E-state index in [1.54, 1.807) is 0 Å². The predicted molar refractivity (Wildman–Crippen MR) is 83.7 cm³/mol. The maximum absolute atomic E-state index is 12.3. The molecule has 0 radical (unpaired) electrons. The molecule has 116 valence electrons. The van der Waals surface area contributed by atoms with E-state index in [4.69, 9.17) is 0 Å². The molecule has 20 heavy (non-hydrogen) atoms. The van der Waals surface area contributed by atoms with Crippen molar-refractivity contribution in [1.82, 2.24) is 10.2 Å². The molecule has 2 heterocycles. The topological polar surface area (TPSA) is 32.3 Å². The minimum Gasteiger partial charge on any atom is -0.343 e. The van der Waals surface area contributed by atoms with Crippen LogP contribution in [0.2, 0.25) is 0 Å². The van der Waals surface area contributed by atoms with E-state index in [-0.39, 0.29) is 0 Å². The van der Waals surface area contributed by atoms with Gasteiger partial charge in [0.05, 0.1) is 0 Å². The molecule has 1 N–H and O–H groups in total. The van der Waals surface area contributed by atoms with Crippen LogP contribution < -0.4 is 5.32 Å². The Morgan fingerprint density at radius 3 is 2.45 bits per heavy atom. The number of amides is 1. The van der Waals surface area contributed by atoms with E-state index in [9.17, 15) is 4.79 Å². The highest BCUT2D eigenvalue weighted by Gasteiger charge is 2.32. The van der Waals surface area contributed by atoms with Crippen molar-refractivity contribution in [2.45, 2.75) is 77.7 Å². The Kier molecular flexibility index (Phi) is 5.88. The van der Waals surface area contributed by atoms with E-state index in [2.05, 4.69) is 24.1 Å². The smallest absolute Gasteiger partial charge is 0.222 e. The third-order valence-electron chi connectivity index (χ3n) is 5.80. The first-order valence-corrected chi connectivity index (χ1v) is 8.70. The Morgan fingerprint density at radius 1 is 1.20 bits per heavy atom. The van der Waals surface area contributed by atoms with Crippen molar-refractivity contribution in [2.75, 3.05) is 19.6 Å². The quantitative estimate of drug-likeness (QED) is 0.837. The highest BCUT2D eigenvalue weighted by Crippen LogP contribution is 2.38. The van der Waals surface area contributed by atoms with Gasteiger partial charge >= 0.3 is 0 Å². The third-order valence-corrected chi connectivity index (χ3v) is 5.80. The number of carbonyl (C=O) groups excluding carboxylic acids is 1. The average Bonchev–Trinajstić information content (AvgIpc) is 2.53. The number of carbonyl (C=O) groups is 1. The second-order valence-corrected chi connectivity index (χ2v) is 6.77. The molecule has 2 saturated heterocycles. The van der Waals surface area contributed by atoms with Gasteiger partial charge in [0, 0.05) is 25.6 Å². The fraction of sp³-hybridized carbons (Fsp3) is 0.941. The highest BCUT2D eigenvalue weighted by atomic mass is 16.2. The molecule has 0 aromatic rings. The van der Waals surface area contributed by atoms with Gasteiger partial charge in [-0.1, -0.05) is 33.1 Å². The Hall–Kier alpha value is -0.570. The van der Waals surface area contributed by atoms with E-state index in [1.807, 2.05) is 0 Å². The van der Waals surface area contributed by atoms with Crippen LogP contribution in [0.15, 0.2) is 0 Å². The normalized spacial score (nSPS) is 26.5. The standard InChI is InChI=1S/C17H32N2O/c1-3-17(4-2)10-13-19(14-11-17)16(20)9-8-15-7-5-6-12-18-15/h15,18H,3-14H2,1-2H3. The van der Waals surface area contributed by atoms with E-state index in [1.165, 1.54) is 44.9 Å². The van der Waals surface area contributed by atoms with Gasteiger partial charge in [0.25, 0.3) is 0 Å². The zero-order chi connectivity index (χ0) is 14.4. The first-order valence-electron chi connectivity index (χ1n) is 8.70. The van der Waals surface area contributed by atoms with Crippen LogP contribution in [-0.2, 0) is 4.79 Å². The lowest BCUT2D eigenvalue weighted by Gasteiger charge is -2.41. The molecule has 1 atom stereocenters. The summed E-state index contributed by atoms with van der Waals surface area (Å²) in [4.78, 5) is 14.4. The van der Waals surface area contributed by atoms with Gasteiger partial charge in [-0.15, -0.1) is 0 Å². The van der Waals surface area contributed by atoms with Crippen molar-refractivity contribution in [3.8, 4) is 0 Å². The Labute approximate surface area is 124 Å². The number of rotatable bonds is 5. The van der Waals surface area contributed by atoms with E-state index < -0.39 is 0 Å². The van der Waals surface area contributed by atoms with E-state index >= 15 is 0 Å². The lowest BCUT2D eigenvalue weighted by molar-refractivity contribution is -0.133. The fourth-order valence-corrected chi connectivity index (χ4v) is 3.81. The van der Waals surface area contributed by atoms with Gasteiger partial charge in [0.1, 0.15) is 0 Å². The Bertz CT molecular complexity index is 296. The summed E-state index contributed by atoms with van der Waals surface area (Å²) in [5.74, 6) is 0.387. The van der Waals surface area contributed by atoms with Gasteiger partial charge in [-0.05, 0) is 44.1 Å². The second kappa shape index (κ2) is 7.44. The van der Waals surface area contributed by atoms with Crippen LogP contribution in [0.25, 0.3) is 0 Å². The van der Waals surface area contributed by atoms with E-state index in [0.717, 1.165) is 32.5 Å². The van der Waals surface area contributed by atoms with Gasteiger partial charge < -0.3 is 10.2 Å². The van der Waals surface area contributed by atoms with Crippen LogP contribution in [0.4, 0.5) is 0 Å². The van der Waals surface area contributed by atoms with Crippen LogP contribution in [-0.4, -0.2) is 36.5 Å². The fourth-order valence-electron chi connectivity index (χ4n) is 3.81. The van der Waals surface area contributed by atoms with Crippen molar-refractivity contribution < 1.29 is 4.79 Å². The number of hydrogen-bond donors (Lipinski definition) is 1. The van der Waals surface area contributed by atoms with Crippen LogP contribution >= 0.6 is 0 Å². The SMILES string of the molecule is CCC1(CC)CCN(C(=O)CCC2CCCCN2)CC1. The average molecular weight is 280 g/mol. The summed E-state index contributed by atoms with van der Waals surface area (Å²) in [6, 6.07) is 0.586. The first-order chi connectivity index (χ1) is 9.69. The molecule has 0 bridgehead atoms. The van der Waals surface area contributed by atoms with Crippen molar-refractivity contribution in [1.29, 1.82) is 0 Å². The van der Waals surface area contributed by atoms with Crippen LogP contribution in [0.1, 0.15) is 71.6 Å². The second-order valence-electron chi connectivity index (χ2n) is 6.77. The minimum atomic E-state index is 0.387. The summed E-state index contributed by atoms with van der Waals surface area (Å²) < 4.78 is 0.